The van der Waals surface area contributed by atoms with Gasteiger partial charge in [-0.15, -0.1) is 24.0 Å². The number of fused-ring (bicyclic) bond motifs is 1. The second-order valence-corrected chi connectivity index (χ2v) is 7.51. The molecule has 3 N–H and O–H groups in total. The van der Waals surface area contributed by atoms with E-state index in [1.807, 2.05) is 0 Å². The molecular weight excluding hydrogens is 419 g/mol. The molecule has 0 bridgehead atoms. The van der Waals surface area contributed by atoms with E-state index >= 15 is 0 Å². The number of hydrogen-bond donors (Lipinski definition) is 3. The van der Waals surface area contributed by atoms with E-state index in [9.17, 15) is 4.79 Å². The van der Waals surface area contributed by atoms with Crippen molar-refractivity contribution in [2.75, 3.05) is 26.2 Å². The third kappa shape index (κ3) is 4.15. The molecule has 0 aromatic heterocycles. The predicted octanol–water partition coefficient (Wildman–Crippen LogP) is 1.50. The second-order valence-electron chi connectivity index (χ2n) is 7.51. The van der Waals surface area contributed by atoms with Gasteiger partial charge in [-0.05, 0) is 26.2 Å². The van der Waals surface area contributed by atoms with Crippen LogP contribution in [0, 0.1) is 17.3 Å². The maximum absolute atomic E-state index is 11.6. The van der Waals surface area contributed by atoms with Gasteiger partial charge in [0.2, 0.25) is 5.91 Å². The molecule has 0 radical (unpaired) electrons. The molecule has 3 atom stereocenters. The van der Waals surface area contributed by atoms with Crippen molar-refractivity contribution in [3.05, 3.63) is 0 Å². The van der Waals surface area contributed by atoms with Gasteiger partial charge in [-0.3, -0.25) is 9.79 Å². The maximum atomic E-state index is 11.6. The third-order valence-corrected chi connectivity index (χ3v) is 5.37. The number of aliphatic imine (C=N–C) groups is 1. The predicted molar refractivity (Wildman–Crippen MR) is 106 cm³/mol. The summed E-state index contributed by atoms with van der Waals surface area (Å²) in [5.41, 5.74) is 0.136. The normalized spacial score (nSPS) is 30.6. The smallest absolute Gasteiger partial charge is 0.223 e. The summed E-state index contributed by atoms with van der Waals surface area (Å²) in [6.07, 6.45) is 3.59. The molecule has 0 aromatic rings. The summed E-state index contributed by atoms with van der Waals surface area (Å²) in [7, 11) is 0. The Morgan fingerprint density at radius 2 is 2.00 bits per heavy atom. The Morgan fingerprint density at radius 3 is 2.67 bits per heavy atom. The number of amides is 1. The molecule has 24 heavy (non-hydrogen) atoms. The Kier molecular flexibility index (Phi) is 6.75. The number of halogens is 1. The first kappa shape index (κ1) is 19.8. The Hall–Kier alpha value is -0.570. The molecule has 2 saturated carbocycles. The van der Waals surface area contributed by atoms with E-state index in [4.69, 9.17) is 4.74 Å². The van der Waals surface area contributed by atoms with Crippen LogP contribution in [0.15, 0.2) is 4.99 Å². The molecule has 1 amide bonds. The molecule has 0 spiro atoms. The number of guanidine groups is 1. The van der Waals surface area contributed by atoms with Crippen molar-refractivity contribution in [2.24, 2.45) is 22.2 Å². The summed E-state index contributed by atoms with van der Waals surface area (Å²) in [6, 6.07) is 0.397. The van der Waals surface area contributed by atoms with Crippen LogP contribution in [0.2, 0.25) is 0 Å². The first-order valence-electron chi connectivity index (χ1n) is 8.98. The lowest BCUT2D eigenvalue weighted by atomic mass is 9.57. The molecule has 3 fully saturated rings. The van der Waals surface area contributed by atoms with Crippen LogP contribution in [-0.4, -0.2) is 50.3 Å². The third-order valence-electron chi connectivity index (χ3n) is 5.37. The zero-order valence-corrected chi connectivity index (χ0v) is 17.3. The average Bonchev–Trinajstić information content (AvgIpc) is 3.27. The number of nitrogens with zero attached hydrogens (tertiary/aromatic N) is 1. The Bertz CT molecular complexity index is 479. The van der Waals surface area contributed by atoms with Crippen molar-refractivity contribution in [1.29, 1.82) is 0 Å². The number of hydrogen-bond acceptors (Lipinski definition) is 3. The summed E-state index contributed by atoms with van der Waals surface area (Å²) < 4.78 is 5.84. The van der Waals surface area contributed by atoms with Crippen LogP contribution in [0.1, 0.15) is 40.0 Å². The van der Waals surface area contributed by atoms with Gasteiger partial charge in [-0.2, -0.15) is 0 Å². The topological polar surface area (TPSA) is 74.8 Å². The van der Waals surface area contributed by atoms with E-state index in [-0.39, 0.29) is 41.2 Å². The summed E-state index contributed by atoms with van der Waals surface area (Å²) in [5.74, 6) is 1.88. The van der Waals surface area contributed by atoms with Crippen LogP contribution in [0.3, 0.4) is 0 Å². The van der Waals surface area contributed by atoms with Gasteiger partial charge >= 0.3 is 0 Å². The highest BCUT2D eigenvalue weighted by atomic mass is 127. The van der Waals surface area contributed by atoms with E-state index in [1.165, 1.54) is 0 Å². The first-order chi connectivity index (χ1) is 11.0. The number of carbonyl (C=O) groups is 1. The van der Waals surface area contributed by atoms with Gasteiger partial charge in [0.15, 0.2) is 5.96 Å². The number of ether oxygens (including phenoxy) is 1. The minimum Gasteiger partial charge on any atom is -0.377 e. The highest BCUT2D eigenvalue weighted by molar-refractivity contribution is 14.0. The average molecular weight is 450 g/mol. The lowest BCUT2D eigenvalue weighted by molar-refractivity contribution is -0.122. The fourth-order valence-corrected chi connectivity index (χ4v) is 3.92. The molecule has 1 saturated heterocycles. The fraction of sp³-hybridized carbons (Fsp3) is 0.882. The lowest BCUT2D eigenvalue weighted by Gasteiger charge is -2.54. The highest BCUT2D eigenvalue weighted by Gasteiger charge is 2.59. The molecule has 3 rings (SSSR count). The van der Waals surface area contributed by atoms with Gasteiger partial charge in [-0.1, -0.05) is 13.8 Å². The largest absolute Gasteiger partial charge is 0.377 e. The van der Waals surface area contributed by atoms with Crippen LogP contribution in [0.4, 0.5) is 0 Å². The van der Waals surface area contributed by atoms with Crippen LogP contribution in [-0.2, 0) is 9.53 Å². The quantitative estimate of drug-likeness (QED) is 0.248. The van der Waals surface area contributed by atoms with Gasteiger partial charge in [0, 0.05) is 43.0 Å². The number of carbonyl (C=O) groups excluding carboxylic acids is 1. The molecule has 0 aromatic carbocycles. The van der Waals surface area contributed by atoms with E-state index in [0.717, 1.165) is 38.4 Å². The summed E-state index contributed by atoms with van der Waals surface area (Å²) in [6.45, 7) is 9.50. The molecule has 138 valence electrons. The van der Waals surface area contributed by atoms with Crippen molar-refractivity contribution >= 4 is 35.8 Å². The molecule has 6 nitrogen and oxygen atoms in total. The van der Waals surface area contributed by atoms with Crippen LogP contribution in [0.5, 0.6) is 0 Å². The molecule has 1 heterocycles. The van der Waals surface area contributed by atoms with Crippen molar-refractivity contribution < 1.29 is 9.53 Å². The van der Waals surface area contributed by atoms with E-state index in [0.29, 0.717) is 31.2 Å². The standard InChI is InChI=1S/C17H30N4O2.HI/c1-4-18-16(20-9-8-19-15(22)11-5-6-11)21-13-12-7-10-23-14(12)17(13,2)3;/h11-14H,4-10H2,1-3H3,(H,19,22)(H2,18,20,21);1H. The van der Waals surface area contributed by atoms with Crippen molar-refractivity contribution in [3.63, 3.8) is 0 Å². The highest BCUT2D eigenvalue weighted by Crippen LogP contribution is 2.52. The fourth-order valence-electron chi connectivity index (χ4n) is 3.92. The molecule has 3 unspecified atom stereocenters. The molecule has 7 heteroatoms. The van der Waals surface area contributed by atoms with Crippen LogP contribution < -0.4 is 16.0 Å². The summed E-state index contributed by atoms with van der Waals surface area (Å²) in [5, 5.41) is 9.85. The summed E-state index contributed by atoms with van der Waals surface area (Å²) >= 11 is 0. The maximum Gasteiger partial charge on any atom is 0.223 e. The number of nitrogens with one attached hydrogen (secondary N) is 3. The number of rotatable bonds is 6. The van der Waals surface area contributed by atoms with Crippen molar-refractivity contribution in [1.82, 2.24) is 16.0 Å². The van der Waals surface area contributed by atoms with Crippen molar-refractivity contribution in [3.8, 4) is 0 Å². The molecule has 1 aliphatic heterocycles. The van der Waals surface area contributed by atoms with E-state index in [2.05, 4.69) is 41.7 Å². The van der Waals surface area contributed by atoms with Gasteiger partial charge in [0.25, 0.3) is 0 Å². The monoisotopic (exact) mass is 450 g/mol. The lowest BCUT2D eigenvalue weighted by Crippen LogP contribution is -2.68. The van der Waals surface area contributed by atoms with Gasteiger partial charge in [0.05, 0.1) is 12.6 Å². The van der Waals surface area contributed by atoms with E-state index in [1.54, 1.807) is 0 Å². The van der Waals surface area contributed by atoms with E-state index < -0.39 is 0 Å². The molecular formula is C17H31IN4O2. The zero-order chi connectivity index (χ0) is 16.4. The minimum atomic E-state index is 0. The minimum absolute atomic E-state index is 0. The molecule has 2 aliphatic carbocycles. The van der Waals surface area contributed by atoms with Crippen LogP contribution >= 0.6 is 24.0 Å². The molecule has 3 aliphatic rings. The Balaban J connectivity index is 0.00000208. The SMILES string of the molecule is CCNC(=NCCNC(=O)C1CC1)NC1C2CCOC2C1(C)C.I. The second kappa shape index (κ2) is 8.21. The van der Waals surface area contributed by atoms with Gasteiger partial charge in [0.1, 0.15) is 0 Å². The Labute approximate surface area is 162 Å². The first-order valence-corrected chi connectivity index (χ1v) is 8.98. The Morgan fingerprint density at radius 1 is 1.25 bits per heavy atom. The zero-order valence-electron chi connectivity index (χ0n) is 14.9. The van der Waals surface area contributed by atoms with Crippen molar-refractivity contribution in [2.45, 2.75) is 52.2 Å². The summed E-state index contributed by atoms with van der Waals surface area (Å²) in [4.78, 5) is 16.2. The van der Waals surface area contributed by atoms with Crippen LogP contribution in [0.25, 0.3) is 0 Å². The van der Waals surface area contributed by atoms with Gasteiger partial charge in [-0.25, -0.2) is 0 Å². The van der Waals surface area contributed by atoms with Gasteiger partial charge < -0.3 is 20.7 Å².